The van der Waals surface area contributed by atoms with Crippen molar-refractivity contribution in [2.24, 2.45) is 0 Å². The number of aliphatic carboxylic acids is 1. The molecule has 0 radical (unpaired) electrons. The summed E-state index contributed by atoms with van der Waals surface area (Å²) in [4.78, 5) is 23.7. The molecule has 1 amide bonds. The average Bonchev–Trinajstić information content (AvgIpc) is 3.33. The maximum atomic E-state index is 13.2. The summed E-state index contributed by atoms with van der Waals surface area (Å²) in [5, 5.41) is 15.6. The number of hydrogen-bond acceptors (Lipinski definition) is 4. The van der Waals surface area contributed by atoms with Gasteiger partial charge in [0.25, 0.3) is 5.91 Å². The smallest absolute Gasteiger partial charge is 0.321 e. The number of rotatable bonds is 20. The molecule has 1 heterocycles. The molecule has 0 spiro atoms. The molecule has 0 saturated carbocycles. The third kappa shape index (κ3) is 10.8. The number of thioether (sulfide) groups is 1. The number of carbonyl (C=O) groups excluding carboxylic acids is 1. The summed E-state index contributed by atoms with van der Waals surface area (Å²) >= 11 is 1.38. The van der Waals surface area contributed by atoms with Gasteiger partial charge in [-0.05, 0) is 18.9 Å². The van der Waals surface area contributed by atoms with Crippen LogP contribution in [0.3, 0.4) is 0 Å². The van der Waals surface area contributed by atoms with Crippen LogP contribution < -0.4 is 10.6 Å². The van der Waals surface area contributed by atoms with Gasteiger partial charge in [0.2, 0.25) is 0 Å². The fourth-order valence-electron chi connectivity index (χ4n) is 4.89. The Bertz CT molecular complexity index is 755. The van der Waals surface area contributed by atoms with Crippen molar-refractivity contribution >= 4 is 23.6 Å². The molecular formula is C30H50N2O3S. The summed E-state index contributed by atoms with van der Waals surface area (Å²) in [5.41, 5.74) is 1.92. The van der Waals surface area contributed by atoms with Crippen LogP contribution in [0.5, 0.6) is 0 Å². The fraction of sp³-hybridized carbons (Fsp3) is 0.733. The molecular weight excluding hydrogens is 468 g/mol. The zero-order valence-electron chi connectivity index (χ0n) is 22.8. The van der Waals surface area contributed by atoms with Crippen LogP contribution in [0, 0.1) is 6.92 Å². The molecule has 6 heteroatoms. The second kappa shape index (κ2) is 17.8. The Labute approximate surface area is 224 Å². The van der Waals surface area contributed by atoms with Gasteiger partial charge in [0, 0.05) is 12.3 Å². The Morgan fingerprint density at radius 2 is 1.33 bits per heavy atom. The van der Waals surface area contributed by atoms with E-state index in [1.807, 2.05) is 31.2 Å². The quantitative estimate of drug-likeness (QED) is 0.158. The lowest BCUT2D eigenvalue weighted by molar-refractivity contribution is -0.139. The number of amides is 1. The second-order valence-electron chi connectivity index (χ2n) is 10.5. The standard InChI is InChI=1S/C30H50N2O3S/c1-3-4-5-6-7-8-9-10-11-12-13-14-15-16-17-18-23-31-29(35)30(26-21-19-25(2)20-22-26)32-27(24-36-30)28(33)34/h19-22,27,32H,3-18,23-24H2,1-2H3,(H,31,35)(H,33,34)/t27-,30?/m0/s1. The van der Waals surface area contributed by atoms with Crippen LogP contribution in [0.15, 0.2) is 24.3 Å². The average molecular weight is 519 g/mol. The van der Waals surface area contributed by atoms with Gasteiger partial charge >= 0.3 is 5.97 Å². The van der Waals surface area contributed by atoms with Crippen LogP contribution in [0.25, 0.3) is 0 Å². The molecule has 36 heavy (non-hydrogen) atoms. The Balaban J connectivity index is 1.54. The van der Waals surface area contributed by atoms with Crippen molar-refractivity contribution < 1.29 is 14.7 Å². The summed E-state index contributed by atoms with van der Waals surface area (Å²) in [7, 11) is 0. The van der Waals surface area contributed by atoms with Gasteiger partial charge in [-0.2, -0.15) is 0 Å². The summed E-state index contributed by atoms with van der Waals surface area (Å²) in [5.74, 6) is -0.682. The van der Waals surface area contributed by atoms with Crippen molar-refractivity contribution in [1.82, 2.24) is 10.6 Å². The normalized spacial score (nSPS) is 19.4. The van der Waals surface area contributed by atoms with E-state index in [1.165, 1.54) is 102 Å². The number of carbonyl (C=O) groups is 2. The largest absolute Gasteiger partial charge is 0.480 e. The third-order valence-corrected chi connectivity index (χ3v) is 8.71. The number of carboxylic acids is 1. The first-order valence-corrected chi connectivity index (χ1v) is 15.5. The van der Waals surface area contributed by atoms with Gasteiger partial charge in [-0.3, -0.25) is 14.9 Å². The lowest BCUT2D eigenvalue weighted by Crippen LogP contribution is -2.52. The van der Waals surface area contributed by atoms with Gasteiger partial charge in [0.05, 0.1) is 0 Å². The summed E-state index contributed by atoms with van der Waals surface area (Å²) < 4.78 is 0. The first-order chi connectivity index (χ1) is 17.5. The number of hydrogen-bond donors (Lipinski definition) is 3. The number of nitrogens with one attached hydrogen (secondary N) is 2. The van der Waals surface area contributed by atoms with E-state index in [1.54, 1.807) is 0 Å². The number of aryl methyl sites for hydroxylation is 1. The zero-order chi connectivity index (χ0) is 26.1. The molecule has 204 valence electrons. The van der Waals surface area contributed by atoms with Crippen LogP contribution in [0.2, 0.25) is 0 Å². The summed E-state index contributed by atoms with van der Waals surface area (Å²) in [6.07, 6.45) is 21.2. The number of carboxylic acid groups (broad SMARTS) is 1. The molecule has 2 rings (SSSR count). The monoisotopic (exact) mass is 518 g/mol. The van der Waals surface area contributed by atoms with Crippen molar-refractivity contribution in [2.45, 2.75) is 127 Å². The molecule has 5 nitrogen and oxygen atoms in total. The van der Waals surface area contributed by atoms with E-state index in [4.69, 9.17) is 0 Å². The Hall–Kier alpha value is -1.53. The molecule has 1 aromatic rings. The number of unbranched alkanes of at least 4 members (excludes halogenated alkanes) is 15. The van der Waals surface area contributed by atoms with E-state index in [9.17, 15) is 14.7 Å². The highest BCUT2D eigenvalue weighted by molar-refractivity contribution is 8.01. The Kier molecular flexibility index (Phi) is 15.2. The minimum Gasteiger partial charge on any atom is -0.480 e. The highest BCUT2D eigenvalue weighted by atomic mass is 32.2. The van der Waals surface area contributed by atoms with E-state index >= 15 is 0 Å². The summed E-state index contributed by atoms with van der Waals surface area (Å²) in [6.45, 7) is 4.91. The van der Waals surface area contributed by atoms with Crippen molar-refractivity contribution in [2.75, 3.05) is 12.3 Å². The predicted octanol–water partition coefficient (Wildman–Crippen LogP) is 7.32. The minimum atomic E-state index is -1.04. The van der Waals surface area contributed by atoms with Crippen LogP contribution in [0.4, 0.5) is 0 Å². The fourth-order valence-corrected chi connectivity index (χ4v) is 6.26. The molecule has 1 fully saturated rings. The molecule has 1 saturated heterocycles. The highest BCUT2D eigenvalue weighted by Crippen LogP contribution is 2.40. The van der Waals surface area contributed by atoms with Crippen molar-refractivity contribution in [3.8, 4) is 0 Å². The van der Waals surface area contributed by atoms with Gasteiger partial charge in [-0.15, -0.1) is 11.8 Å². The molecule has 2 atom stereocenters. The molecule has 3 N–H and O–H groups in total. The van der Waals surface area contributed by atoms with Gasteiger partial charge in [-0.1, -0.05) is 133 Å². The van der Waals surface area contributed by atoms with E-state index < -0.39 is 16.9 Å². The lowest BCUT2D eigenvalue weighted by Gasteiger charge is -2.28. The highest BCUT2D eigenvalue weighted by Gasteiger charge is 2.49. The van der Waals surface area contributed by atoms with Crippen LogP contribution in [-0.2, 0) is 14.5 Å². The maximum Gasteiger partial charge on any atom is 0.321 e. The van der Waals surface area contributed by atoms with E-state index in [0.717, 1.165) is 24.0 Å². The van der Waals surface area contributed by atoms with Gasteiger partial charge in [-0.25, -0.2) is 0 Å². The van der Waals surface area contributed by atoms with Crippen molar-refractivity contribution in [3.63, 3.8) is 0 Å². The molecule has 1 aliphatic heterocycles. The molecule has 0 aliphatic carbocycles. The molecule has 1 aliphatic rings. The molecule has 1 aromatic carbocycles. The second-order valence-corrected chi connectivity index (χ2v) is 11.7. The van der Waals surface area contributed by atoms with E-state index in [2.05, 4.69) is 17.6 Å². The zero-order valence-corrected chi connectivity index (χ0v) is 23.6. The van der Waals surface area contributed by atoms with Crippen molar-refractivity contribution in [1.29, 1.82) is 0 Å². The number of benzene rings is 1. The van der Waals surface area contributed by atoms with Crippen LogP contribution >= 0.6 is 11.8 Å². The molecule has 0 bridgehead atoms. The van der Waals surface area contributed by atoms with Crippen LogP contribution in [0.1, 0.15) is 121 Å². The topological polar surface area (TPSA) is 78.4 Å². The maximum absolute atomic E-state index is 13.2. The first-order valence-electron chi connectivity index (χ1n) is 14.5. The van der Waals surface area contributed by atoms with E-state index in [0.29, 0.717) is 12.3 Å². The predicted molar refractivity (Wildman–Crippen MR) is 152 cm³/mol. The third-order valence-electron chi connectivity index (χ3n) is 7.24. The Morgan fingerprint density at radius 3 is 1.78 bits per heavy atom. The summed E-state index contributed by atoms with van der Waals surface area (Å²) in [6, 6.07) is 7.06. The molecule has 0 aromatic heterocycles. The van der Waals surface area contributed by atoms with Gasteiger partial charge < -0.3 is 10.4 Å². The van der Waals surface area contributed by atoms with Crippen molar-refractivity contribution in [3.05, 3.63) is 35.4 Å². The van der Waals surface area contributed by atoms with E-state index in [-0.39, 0.29) is 5.91 Å². The lowest BCUT2D eigenvalue weighted by atomic mass is 10.0. The molecule has 1 unspecified atom stereocenters. The minimum absolute atomic E-state index is 0.138. The van der Waals surface area contributed by atoms with Crippen LogP contribution in [-0.4, -0.2) is 35.3 Å². The Morgan fingerprint density at radius 1 is 0.861 bits per heavy atom. The van der Waals surface area contributed by atoms with Gasteiger partial charge in [0.1, 0.15) is 6.04 Å². The van der Waals surface area contributed by atoms with Gasteiger partial charge in [0.15, 0.2) is 4.87 Å². The SMILES string of the molecule is CCCCCCCCCCCCCCCCCCNC(=O)C1(c2ccc(C)cc2)N[C@H](C(=O)O)CS1. The first kappa shape index (κ1) is 30.7.